The number of fused-ring (bicyclic) bond motifs is 3. The first kappa shape index (κ1) is 19.8. The van der Waals surface area contributed by atoms with Gasteiger partial charge in [-0.3, -0.25) is 14.2 Å². The lowest BCUT2D eigenvalue weighted by molar-refractivity contribution is -0.124. The maximum Gasteiger partial charge on any atom is 0.252 e. The number of rotatable bonds is 4. The van der Waals surface area contributed by atoms with E-state index in [4.69, 9.17) is 11.6 Å². The Bertz CT molecular complexity index is 1160. The van der Waals surface area contributed by atoms with Crippen LogP contribution in [0.5, 0.6) is 0 Å². The number of hydrogen-bond donors (Lipinski definition) is 2. The summed E-state index contributed by atoms with van der Waals surface area (Å²) in [5, 5.41) is 6.67. The molecule has 0 radical (unpaired) electrons. The van der Waals surface area contributed by atoms with Crippen molar-refractivity contribution in [3.05, 3.63) is 82.4 Å². The average molecular weight is 435 g/mol. The fourth-order valence-corrected chi connectivity index (χ4v) is 4.37. The van der Waals surface area contributed by atoms with E-state index in [-0.39, 0.29) is 17.9 Å². The van der Waals surface area contributed by atoms with Gasteiger partial charge in [-0.25, -0.2) is 4.98 Å². The molecule has 158 valence electrons. The monoisotopic (exact) mass is 434 g/mol. The molecule has 1 saturated carbocycles. The highest BCUT2D eigenvalue weighted by atomic mass is 35.5. The number of aryl methyl sites for hydroxylation is 2. The topological polar surface area (TPSA) is 76.0 Å². The predicted octanol–water partition coefficient (Wildman–Crippen LogP) is 3.90. The minimum absolute atomic E-state index is 0.155. The van der Waals surface area contributed by atoms with Crippen LogP contribution in [0.4, 0.5) is 0 Å². The molecule has 1 aliphatic heterocycles. The van der Waals surface area contributed by atoms with Gasteiger partial charge in [-0.1, -0.05) is 29.8 Å². The Morgan fingerprint density at radius 3 is 2.61 bits per heavy atom. The van der Waals surface area contributed by atoms with Gasteiger partial charge in [0.25, 0.3) is 5.91 Å². The number of amides is 2. The Hall–Kier alpha value is -3.12. The number of nitrogens with one attached hydrogen (secondary N) is 2. The van der Waals surface area contributed by atoms with Gasteiger partial charge in [0, 0.05) is 22.5 Å². The van der Waals surface area contributed by atoms with E-state index in [1.165, 1.54) is 5.56 Å². The second-order valence-electron chi connectivity index (χ2n) is 8.33. The molecule has 2 heterocycles. The van der Waals surface area contributed by atoms with Crippen molar-refractivity contribution in [3.63, 3.8) is 0 Å². The molecule has 0 bridgehead atoms. The number of carbonyl (C=O) groups excluding carboxylic acids is 2. The summed E-state index contributed by atoms with van der Waals surface area (Å²) in [5.74, 6) is 0.406. The average Bonchev–Trinajstić information content (AvgIpc) is 3.48. The van der Waals surface area contributed by atoms with Crippen molar-refractivity contribution in [2.75, 3.05) is 0 Å². The lowest BCUT2D eigenvalue weighted by Crippen LogP contribution is -2.50. The van der Waals surface area contributed by atoms with Gasteiger partial charge in [0.2, 0.25) is 5.91 Å². The third kappa shape index (κ3) is 3.61. The molecule has 1 atom stereocenters. The Balaban J connectivity index is 1.36. The second kappa shape index (κ2) is 7.54. The van der Waals surface area contributed by atoms with Gasteiger partial charge in [0.15, 0.2) is 0 Å². The fraction of sp³-hybridized carbons (Fsp3) is 0.292. The van der Waals surface area contributed by atoms with Crippen LogP contribution in [-0.2, 0) is 11.2 Å². The maximum absolute atomic E-state index is 13.2. The van der Waals surface area contributed by atoms with Gasteiger partial charge in [0.1, 0.15) is 11.4 Å². The minimum Gasteiger partial charge on any atom is -0.344 e. The Kier molecular flexibility index (Phi) is 4.82. The van der Waals surface area contributed by atoms with Crippen LogP contribution >= 0.6 is 11.6 Å². The zero-order valence-electron chi connectivity index (χ0n) is 17.2. The molecule has 3 aromatic rings. The van der Waals surface area contributed by atoms with Crippen molar-refractivity contribution in [1.82, 2.24) is 20.2 Å². The van der Waals surface area contributed by atoms with Crippen LogP contribution in [0.15, 0.2) is 54.7 Å². The smallest absolute Gasteiger partial charge is 0.252 e. The molecular formula is C24H23ClN4O2. The Morgan fingerprint density at radius 1 is 1.13 bits per heavy atom. The number of carbonyl (C=O) groups is 2. The number of hydrogen-bond acceptors (Lipinski definition) is 3. The number of para-hydroxylation sites is 1. The van der Waals surface area contributed by atoms with E-state index in [1.54, 1.807) is 24.3 Å². The third-order valence-electron chi connectivity index (χ3n) is 6.16. The molecule has 1 aromatic heterocycles. The molecule has 0 saturated heterocycles. The molecular weight excluding hydrogens is 412 g/mol. The van der Waals surface area contributed by atoms with Crippen LogP contribution in [-0.4, -0.2) is 26.9 Å². The van der Waals surface area contributed by atoms with Gasteiger partial charge in [-0.05, 0) is 68.5 Å². The first-order valence-electron chi connectivity index (χ1n) is 10.5. The number of aromatic nitrogens is 2. The van der Waals surface area contributed by atoms with Gasteiger partial charge in [-0.15, -0.1) is 0 Å². The zero-order valence-corrected chi connectivity index (χ0v) is 17.9. The summed E-state index contributed by atoms with van der Waals surface area (Å²) in [6.45, 7) is 2.02. The van der Waals surface area contributed by atoms with E-state index in [1.807, 2.05) is 25.3 Å². The molecule has 6 nitrogen and oxygen atoms in total. The van der Waals surface area contributed by atoms with Crippen LogP contribution in [0.25, 0.3) is 5.69 Å². The fourth-order valence-electron chi connectivity index (χ4n) is 4.24. The van der Waals surface area contributed by atoms with Gasteiger partial charge in [0.05, 0.1) is 11.7 Å². The normalized spacial score (nSPS) is 18.3. The number of benzene rings is 2. The van der Waals surface area contributed by atoms with E-state index < -0.39 is 5.54 Å². The molecule has 0 spiro atoms. The molecule has 7 heteroatoms. The van der Waals surface area contributed by atoms with Gasteiger partial charge >= 0.3 is 0 Å². The van der Waals surface area contributed by atoms with E-state index in [0.29, 0.717) is 23.4 Å². The summed E-state index contributed by atoms with van der Waals surface area (Å²) in [4.78, 5) is 30.5. The molecule has 0 unspecified atom stereocenters. The summed E-state index contributed by atoms with van der Waals surface area (Å²) in [7, 11) is 0. The van der Waals surface area contributed by atoms with Crippen LogP contribution in [0.3, 0.4) is 0 Å². The SMILES string of the molecule is Cc1cnc2n1-c1ccccc1CC[C@H]2NC(=O)C1(NC(=O)c2ccc(Cl)cc2)CC1. The van der Waals surface area contributed by atoms with E-state index in [2.05, 4.69) is 32.3 Å². The zero-order chi connectivity index (χ0) is 21.6. The number of nitrogens with zero attached hydrogens (tertiary/aromatic N) is 2. The van der Waals surface area contributed by atoms with Crippen molar-refractivity contribution in [1.29, 1.82) is 0 Å². The lowest BCUT2D eigenvalue weighted by Gasteiger charge is -2.22. The third-order valence-corrected chi connectivity index (χ3v) is 6.41. The minimum atomic E-state index is -0.859. The first-order chi connectivity index (χ1) is 15.0. The highest BCUT2D eigenvalue weighted by Crippen LogP contribution is 2.38. The largest absolute Gasteiger partial charge is 0.344 e. The summed E-state index contributed by atoms with van der Waals surface area (Å²) in [5.41, 5.74) is 3.00. The van der Waals surface area contributed by atoms with E-state index in [9.17, 15) is 9.59 Å². The molecule has 2 amide bonds. The molecule has 1 fully saturated rings. The van der Waals surface area contributed by atoms with Crippen molar-refractivity contribution in [3.8, 4) is 5.69 Å². The van der Waals surface area contributed by atoms with Crippen molar-refractivity contribution in [2.45, 2.75) is 44.2 Å². The second-order valence-corrected chi connectivity index (χ2v) is 8.77. The molecule has 5 rings (SSSR count). The van der Waals surface area contributed by atoms with E-state index in [0.717, 1.165) is 30.0 Å². The van der Waals surface area contributed by atoms with Gasteiger partial charge in [-0.2, -0.15) is 0 Å². The summed E-state index contributed by atoms with van der Waals surface area (Å²) >= 11 is 5.91. The van der Waals surface area contributed by atoms with Gasteiger partial charge < -0.3 is 10.6 Å². The summed E-state index contributed by atoms with van der Waals surface area (Å²) < 4.78 is 2.12. The highest BCUT2D eigenvalue weighted by molar-refractivity contribution is 6.30. The number of imidazole rings is 1. The Labute approximate surface area is 185 Å². The maximum atomic E-state index is 13.2. The molecule has 2 aliphatic rings. The first-order valence-corrected chi connectivity index (χ1v) is 10.9. The van der Waals surface area contributed by atoms with Crippen LogP contribution in [0.1, 0.15) is 52.7 Å². The van der Waals surface area contributed by atoms with Crippen LogP contribution in [0, 0.1) is 6.92 Å². The van der Waals surface area contributed by atoms with E-state index >= 15 is 0 Å². The summed E-state index contributed by atoms with van der Waals surface area (Å²) in [6.07, 6.45) is 4.68. The van der Waals surface area contributed by atoms with Crippen LogP contribution < -0.4 is 10.6 Å². The molecule has 31 heavy (non-hydrogen) atoms. The van der Waals surface area contributed by atoms with Crippen molar-refractivity contribution >= 4 is 23.4 Å². The van der Waals surface area contributed by atoms with Crippen molar-refractivity contribution < 1.29 is 9.59 Å². The quantitative estimate of drug-likeness (QED) is 0.653. The summed E-state index contributed by atoms with van der Waals surface area (Å²) in [6, 6.07) is 14.7. The Morgan fingerprint density at radius 2 is 1.87 bits per heavy atom. The molecule has 1 aliphatic carbocycles. The highest BCUT2D eigenvalue weighted by Gasteiger charge is 2.52. The standard InChI is InChI=1S/C24H23ClN4O2/c1-15-14-26-21-19(11-8-16-4-2-3-5-20(16)29(15)21)27-23(31)24(12-13-24)28-22(30)17-6-9-18(25)10-7-17/h2-7,9-10,14,19H,8,11-13H2,1H3,(H,27,31)(H,28,30)/t19-/m1/s1. The van der Waals surface area contributed by atoms with Crippen LogP contribution in [0.2, 0.25) is 5.02 Å². The molecule has 2 N–H and O–H groups in total. The van der Waals surface area contributed by atoms with Crippen molar-refractivity contribution in [2.24, 2.45) is 0 Å². The lowest BCUT2D eigenvalue weighted by atomic mass is 10.0. The predicted molar refractivity (Wildman–Crippen MR) is 118 cm³/mol. The molecule has 2 aromatic carbocycles. The number of halogens is 1.